The third kappa shape index (κ3) is 6.26. The summed E-state index contributed by atoms with van der Waals surface area (Å²) >= 11 is 22.2. The van der Waals surface area contributed by atoms with Crippen LogP contribution in [0, 0.1) is 0 Å². The number of β-lactam (4-membered cyclic amide) rings is 1. The Bertz CT molecular complexity index is 1050. The van der Waals surface area contributed by atoms with E-state index in [2.05, 4.69) is 21.2 Å². The van der Waals surface area contributed by atoms with Crippen LogP contribution < -0.4 is 5.32 Å². The predicted octanol–water partition coefficient (Wildman–Crippen LogP) is 4.27. The third-order valence-electron chi connectivity index (χ3n) is 4.84. The number of alkyl halides is 1. The van der Waals surface area contributed by atoms with Crippen molar-refractivity contribution >= 4 is 85.9 Å². The van der Waals surface area contributed by atoms with Crippen molar-refractivity contribution in [3.63, 3.8) is 0 Å². The smallest absolute Gasteiger partial charge is 0.337 e. The molecular weight excluding hydrogens is 587 g/mol. The van der Waals surface area contributed by atoms with Gasteiger partial charge in [-0.1, -0.05) is 51.3 Å². The molecule has 1 saturated heterocycles. The number of ether oxygens (including phenoxy) is 2. The zero-order valence-corrected chi connectivity index (χ0v) is 23.3. The second-order valence-electron chi connectivity index (χ2n) is 8.56. The van der Waals surface area contributed by atoms with Crippen LogP contribution in [0.1, 0.15) is 26.3 Å². The lowest BCUT2D eigenvalue weighted by Gasteiger charge is -2.51. The molecule has 184 valence electrons. The number of rotatable bonds is 7. The molecule has 2 heterocycles. The minimum absolute atomic E-state index is 0.0662. The van der Waals surface area contributed by atoms with Crippen LogP contribution in [-0.4, -0.2) is 62.7 Å². The number of carbonyl (C=O) groups is 3. The number of halogens is 3. The minimum Gasteiger partial charge on any atom is -0.461 e. The molecule has 34 heavy (non-hydrogen) atoms. The van der Waals surface area contributed by atoms with Gasteiger partial charge >= 0.3 is 11.9 Å². The zero-order chi connectivity index (χ0) is 25.2. The van der Waals surface area contributed by atoms with Gasteiger partial charge in [0, 0.05) is 21.8 Å². The maximum absolute atomic E-state index is 13.1. The molecule has 0 radical (unpaired) electrons. The molecule has 0 saturated carbocycles. The number of hydrogen-bond acceptors (Lipinski definition) is 7. The molecule has 7 nitrogen and oxygen atoms in total. The van der Waals surface area contributed by atoms with Crippen LogP contribution in [-0.2, 0) is 30.3 Å². The zero-order valence-electron chi connectivity index (χ0n) is 18.6. The normalized spacial score (nSPS) is 21.7. The van der Waals surface area contributed by atoms with Crippen molar-refractivity contribution in [2.24, 2.45) is 0 Å². The minimum atomic E-state index is -1.20. The van der Waals surface area contributed by atoms with Crippen molar-refractivity contribution < 1.29 is 23.9 Å². The summed E-state index contributed by atoms with van der Waals surface area (Å²) in [4.78, 5) is 40.5. The van der Waals surface area contributed by atoms with Gasteiger partial charge in [0.2, 0.25) is 5.91 Å². The van der Waals surface area contributed by atoms with E-state index in [-0.39, 0.29) is 18.1 Å². The summed E-state index contributed by atoms with van der Waals surface area (Å²) in [7, 11) is 0. The van der Waals surface area contributed by atoms with Crippen LogP contribution in [0.5, 0.6) is 0 Å². The molecule has 3 atom stereocenters. The lowest BCUT2D eigenvalue weighted by atomic mass is 9.97. The first-order valence-electron chi connectivity index (χ1n) is 10.3. The molecule has 1 amide bonds. The molecule has 1 aromatic rings. The van der Waals surface area contributed by atoms with Crippen molar-refractivity contribution in [2.45, 2.75) is 50.3 Å². The van der Waals surface area contributed by atoms with E-state index < -0.39 is 35.0 Å². The lowest BCUT2D eigenvalue weighted by molar-refractivity contribution is -0.170. The van der Waals surface area contributed by atoms with Gasteiger partial charge in [-0.2, -0.15) is 0 Å². The summed E-state index contributed by atoms with van der Waals surface area (Å²) in [6.07, 6.45) is 0.297. The van der Waals surface area contributed by atoms with E-state index in [0.717, 1.165) is 5.56 Å². The summed E-state index contributed by atoms with van der Waals surface area (Å²) in [6, 6.07) is 3.21. The van der Waals surface area contributed by atoms with Gasteiger partial charge in [0.1, 0.15) is 23.6 Å². The van der Waals surface area contributed by atoms with Crippen LogP contribution >= 0.6 is 63.1 Å². The van der Waals surface area contributed by atoms with Gasteiger partial charge in [-0.3, -0.25) is 4.79 Å². The highest BCUT2D eigenvalue weighted by Crippen LogP contribution is 2.41. The van der Waals surface area contributed by atoms with Crippen LogP contribution in [0.15, 0.2) is 29.2 Å². The number of hydrogen-bond donors (Lipinski definition) is 1. The third-order valence-corrected chi connectivity index (χ3v) is 7.20. The Morgan fingerprint density at radius 3 is 2.65 bits per heavy atom. The lowest BCUT2D eigenvalue weighted by Crippen LogP contribution is -2.74. The average Bonchev–Trinajstić information content (AvgIpc) is 2.75. The maximum Gasteiger partial charge on any atom is 0.337 e. The number of carbonyl (C=O) groups excluding carboxylic acids is 3. The topological polar surface area (TPSA) is 84.9 Å². The molecule has 1 aromatic carbocycles. The number of fused-ring (bicyclic) bond motifs is 1. The van der Waals surface area contributed by atoms with E-state index in [1.165, 1.54) is 16.7 Å². The highest BCUT2D eigenvalue weighted by molar-refractivity contribution is 9.09. The maximum atomic E-state index is 13.1. The first-order valence-corrected chi connectivity index (χ1v) is 13.5. The molecule has 0 aliphatic carbocycles. The Kier molecular flexibility index (Phi) is 8.95. The van der Waals surface area contributed by atoms with Gasteiger partial charge in [0.15, 0.2) is 6.04 Å². The predicted molar refractivity (Wildman–Crippen MR) is 140 cm³/mol. The molecule has 2 aliphatic rings. The van der Waals surface area contributed by atoms with Crippen LogP contribution in [0.3, 0.4) is 0 Å². The Hall–Kier alpha value is -1.33. The van der Waals surface area contributed by atoms with Gasteiger partial charge in [-0.05, 0) is 49.9 Å². The number of thioether (sulfide) groups is 1. The number of benzene rings is 1. The Morgan fingerprint density at radius 2 is 2.00 bits per heavy atom. The second-order valence-corrected chi connectivity index (χ2v) is 11.7. The highest BCUT2D eigenvalue weighted by Gasteiger charge is 2.57. The van der Waals surface area contributed by atoms with E-state index in [4.69, 9.17) is 44.9 Å². The van der Waals surface area contributed by atoms with Crippen molar-refractivity contribution in [3.05, 3.63) is 44.8 Å². The summed E-state index contributed by atoms with van der Waals surface area (Å²) in [5, 5.41) is 5.66. The monoisotopic (exact) mass is 608 g/mol. The summed E-state index contributed by atoms with van der Waals surface area (Å²) in [6.45, 7) is 5.28. The first-order chi connectivity index (χ1) is 15.9. The fourth-order valence-electron chi connectivity index (χ4n) is 3.44. The number of nitrogens with zero attached hydrogens (tertiary/aromatic N) is 1. The number of thiocarbonyl (C=S) groups is 1. The molecule has 2 unspecified atom stereocenters. The molecule has 1 fully saturated rings. The van der Waals surface area contributed by atoms with Crippen molar-refractivity contribution in [3.8, 4) is 0 Å². The van der Waals surface area contributed by atoms with Gasteiger partial charge in [-0.25, -0.2) is 9.59 Å². The van der Waals surface area contributed by atoms with Crippen molar-refractivity contribution in [2.75, 3.05) is 11.9 Å². The highest BCUT2D eigenvalue weighted by atomic mass is 79.9. The van der Waals surface area contributed by atoms with Crippen molar-refractivity contribution in [1.82, 2.24) is 10.2 Å². The fraction of sp³-hybridized carbons (Fsp3) is 0.455. The van der Waals surface area contributed by atoms with Crippen molar-refractivity contribution in [1.29, 1.82) is 0 Å². The van der Waals surface area contributed by atoms with E-state index in [0.29, 0.717) is 26.8 Å². The largest absolute Gasteiger partial charge is 0.461 e. The van der Waals surface area contributed by atoms with E-state index in [9.17, 15) is 14.4 Å². The number of nitrogens with one attached hydrogen (secondary N) is 1. The SMILES string of the molecule is CC(C)(C)OC(=O)C1C(C(=O)OCCBr)=CS[C@H]2C(NC(=S)Cc3cc(Cl)ccc3Cl)C(=O)N12. The number of esters is 2. The van der Waals surface area contributed by atoms with Gasteiger partial charge in [0.05, 0.1) is 10.6 Å². The van der Waals surface area contributed by atoms with Crippen LogP contribution in [0.4, 0.5) is 0 Å². The summed E-state index contributed by atoms with van der Waals surface area (Å²) in [5.74, 6) is -1.73. The van der Waals surface area contributed by atoms with Crippen LogP contribution in [0.25, 0.3) is 0 Å². The first kappa shape index (κ1) is 27.3. The summed E-state index contributed by atoms with van der Waals surface area (Å²) < 4.78 is 10.7. The fourth-order valence-corrected chi connectivity index (χ4v) is 5.48. The molecule has 0 aromatic heterocycles. The molecule has 0 spiro atoms. The van der Waals surface area contributed by atoms with Crippen LogP contribution in [0.2, 0.25) is 10.0 Å². The van der Waals surface area contributed by atoms with E-state index in [1.807, 2.05) is 0 Å². The second kappa shape index (κ2) is 11.2. The standard InChI is InChI=1S/C22H23BrCl2N2O5S2/c1-22(2,3)32-21(30)17-13(20(29)31-7-6-23)10-34-19-16(18(28)27(17)19)26-15(33)9-11-8-12(24)4-5-14(11)25/h4-5,8,10,16-17,19H,6-7,9H2,1-3H3,(H,26,33)/t16?,17?,19-/m0/s1. The van der Waals surface area contributed by atoms with Gasteiger partial charge in [-0.15, -0.1) is 11.8 Å². The Morgan fingerprint density at radius 1 is 1.29 bits per heavy atom. The average molecular weight is 610 g/mol. The Labute approximate surface area is 226 Å². The van der Waals surface area contributed by atoms with E-state index in [1.54, 1.807) is 44.4 Å². The molecule has 3 rings (SSSR count). The van der Waals surface area contributed by atoms with Gasteiger partial charge in [0.25, 0.3) is 0 Å². The Balaban J connectivity index is 1.78. The quantitative estimate of drug-likeness (QED) is 0.212. The molecule has 2 aliphatic heterocycles. The molecule has 0 bridgehead atoms. The van der Waals surface area contributed by atoms with Gasteiger partial charge < -0.3 is 19.7 Å². The number of amides is 1. The molecule has 12 heteroatoms. The van der Waals surface area contributed by atoms with E-state index >= 15 is 0 Å². The summed E-state index contributed by atoms with van der Waals surface area (Å²) in [5.41, 5.74) is -0.00253. The molecule has 1 N–H and O–H groups in total. The molecular formula is C22H23BrCl2N2O5S2.